The Kier molecular flexibility index (Phi) is 4.57. The smallest absolute Gasteiger partial charge is 0.237 e. The molecular weight excluding hydrogens is 306 g/mol. The van der Waals surface area contributed by atoms with Crippen molar-refractivity contribution < 1.29 is 14.0 Å². The van der Waals surface area contributed by atoms with Crippen LogP contribution in [0.1, 0.15) is 32.1 Å². The van der Waals surface area contributed by atoms with E-state index in [-0.39, 0.29) is 29.8 Å². The summed E-state index contributed by atoms with van der Waals surface area (Å²) in [6.07, 6.45) is 0.714. The van der Waals surface area contributed by atoms with Gasteiger partial charge in [-0.05, 0) is 38.9 Å². The molecule has 3 atom stereocenters. The van der Waals surface area contributed by atoms with Crippen molar-refractivity contribution in [1.82, 2.24) is 10.2 Å². The number of benzene rings is 1. The van der Waals surface area contributed by atoms with Crippen molar-refractivity contribution in [3.05, 3.63) is 36.1 Å². The first-order chi connectivity index (χ1) is 11.5. The molecule has 128 valence electrons. The first kappa shape index (κ1) is 16.5. The van der Waals surface area contributed by atoms with E-state index in [0.29, 0.717) is 19.5 Å². The lowest BCUT2D eigenvalue weighted by Gasteiger charge is -2.24. The Morgan fingerprint density at radius 3 is 2.75 bits per heavy atom. The molecule has 2 heterocycles. The lowest BCUT2D eigenvalue weighted by Crippen LogP contribution is -2.45. The second-order valence-corrected chi connectivity index (χ2v) is 6.48. The van der Waals surface area contributed by atoms with Crippen LogP contribution in [0, 0.1) is 5.92 Å². The van der Waals surface area contributed by atoms with Gasteiger partial charge in [-0.3, -0.25) is 14.5 Å². The molecule has 1 aliphatic heterocycles. The summed E-state index contributed by atoms with van der Waals surface area (Å²) in [4.78, 5) is 25.8. The van der Waals surface area contributed by atoms with Crippen LogP contribution in [0.2, 0.25) is 0 Å². The van der Waals surface area contributed by atoms with E-state index in [4.69, 9.17) is 10.2 Å². The molecule has 1 saturated heterocycles. The van der Waals surface area contributed by atoms with Gasteiger partial charge in [0.1, 0.15) is 11.3 Å². The molecule has 0 spiro atoms. The maximum atomic E-state index is 12.5. The van der Waals surface area contributed by atoms with E-state index < -0.39 is 0 Å². The molecule has 3 N–H and O–H groups in total. The van der Waals surface area contributed by atoms with Gasteiger partial charge in [-0.15, -0.1) is 0 Å². The van der Waals surface area contributed by atoms with Crippen molar-refractivity contribution in [2.24, 2.45) is 11.7 Å². The number of hydrogen-bond donors (Lipinski definition) is 2. The van der Waals surface area contributed by atoms with Crippen LogP contribution in [0.5, 0.6) is 0 Å². The van der Waals surface area contributed by atoms with Gasteiger partial charge in [0, 0.05) is 11.9 Å². The molecule has 24 heavy (non-hydrogen) atoms. The fourth-order valence-corrected chi connectivity index (χ4v) is 3.16. The van der Waals surface area contributed by atoms with Crippen molar-refractivity contribution in [3.8, 4) is 0 Å². The highest BCUT2D eigenvalue weighted by Gasteiger charge is 2.32. The quantitative estimate of drug-likeness (QED) is 0.875. The van der Waals surface area contributed by atoms with E-state index in [9.17, 15) is 9.59 Å². The van der Waals surface area contributed by atoms with Gasteiger partial charge >= 0.3 is 0 Å². The molecule has 1 aromatic heterocycles. The predicted molar refractivity (Wildman–Crippen MR) is 91.1 cm³/mol. The Morgan fingerprint density at radius 2 is 2.08 bits per heavy atom. The average Bonchev–Trinajstić information content (AvgIpc) is 3.20. The number of hydrogen-bond acceptors (Lipinski definition) is 4. The van der Waals surface area contributed by atoms with Gasteiger partial charge in [0.25, 0.3) is 0 Å². The van der Waals surface area contributed by atoms with Gasteiger partial charge < -0.3 is 15.5 Å². The normalized spacial score (nSPS) is 20.8. The van der Waals surface area contributed by atoms with Gasteiger partial charge in [0.05, 0.1) is 18.0 Å². The lowest BCUT2D eigenvalue weighted by molar-refractivity contribution is -0.127. The molecule has 2 aromatic rings. The zero-order valence-electron chi connectivity index (χ0n) is 14.0. The number of nitrogens with zero attached hydrogens (tertiary/aromatic N) is 1. The number of nitrogens with one attached hydrogen (secondary N) is 1. The summed E-state index contributed by atoms with van der Waals surface area (Å²) in [5.41, 5.74) is 6.16. The van der Waals surface area contributed by atoms with Gasteiger partial charge in [-0.25, -0.2) is 0 Å². The Bertz CT molecular complexity index is 722. The van der Waals surface area contributed by atoms with Crippen molar-refractivity contribution in [2.75, 3.05) is 13.1 Å². The molecule has 2 amide bonds. The van der Waals surface area contributed by atoms with E-state index >= 15 is 0 Å². The van der Waals surface area contributed by atoms with Crippen LogP contribution >= 0.6 is 0 Å². The second-order valence-electron chi connectivity index (χ2n) is 6.48. The third kappa shape index (κ3) is 3.28. The molecule has 3 unspecified atom stereocenters. The van der Waals surface area contributed by atoms with Gasteiger partial charge in [0.15, 0.2) is 0 Å². The molecule has 6 nitrogen and oxygen atoms in total. The van der Waals surface area contributed by atoms with Crippen LogP contribution < -0.4 is 11.1 Å². The summed E-state index contributed by atoms with van der Waals surface area (Å²) in [7, 11) is 0. The monoisotopic (exact) mass is 329 g/mol. The largest absolute Gasteiger partial charge is 0.459 e. The van der Waals surface area contributed by atoms with Crippen LogP contribution in [-0.2, 0) is 9.59 Å². The topological polar surface area (TPSA) is 88.6 Å². The lowest BCUT2D eigenvalue weighted by atomic mass is 10.1. The molecule has 0 saturated carbocycles. The summed E-state index contributed by atoms with van der Waals surface area (Å²) in [6, 6.07) is 9.18. The molecule has 1 fully saturated rings. The number of likely N-dealkylation sites (tertiary alicyclic amines) is 1. The Morgan fingerprint density at radius 1 is 1.33 bits per heavy atom. The number of carbonyl (C=O) groups excluding carboxylic acids is 2. The van der Waals surface area contributed by atoms with Gasteiger partial charge in [-0.2, -0.15) is 0 Å². The first-order valence-electron chi connectivity index (χ1n) is 8.28. The Hall–Kier alpha value is -2.34. The molecule has 0 radical (unpaired) electrons. The highest BCUT2D eigenvalue weighted by atomic mass is 16.3. The number of nitrogens with two attached hydrogens (primary N) is 1. The van der Waals surface area contributed by atoms with Gasteiger partial charge in [-0.1, -0.05) is 18.2 Å². The number of furan rings is 1. The standard InChI is InChI=1S/C18H23N3O3/c1-11(16-9-13-5-3-4-6-15(13)24-16)20-18(23)12(2)21-8-7-14(10-21)17(19)22/h3-6,9,11-12,14H,7-8,10H2,1-2H3,(H2,19,22)(H,20,23). The fraction of sp³-hybridized carbons (Fsp3) is 0.444. The van der Waals surface area contributed by atoms with Crippen molar-refractivity contribution >= 4 is 22.8 Å². The van der Waals surface area contributed by atoms with E-state index in [2.05, 4.69) is 5.32 Å². The number of fused-ring (bicyclic) bond motifs is 1. The summed E-state index contributed by atoms with van der Waals surface area (Å²) < 4.78 is 5.79. The fourth-order valence-electron chi connectivity index (χ4n) is 3.16. The van der Waals surface area contributed by atoms with Gasteiger partial charge in [0.2, 0.25) is 11.8 Å². The minimum absolute atomic E-state index is 0.0759. The zero-order valence-corrected chi connectivity index (χ0v) is 14.0. The molecule has 0 bridgehead atoms. The molecule has 1 aliphatic rings. The van der Waals surface area contributed by atoms with Crippen LogP contribution in [0.3, 0.4) is 0 Å². The number of amides is 2. The van der Waals surface area contributed by atoms with Crippen molar-refractivity contribution in [1.29, 1.82) is 0 Å². The molecule has 3 rings (SSSR count). The second kappa shape index (κ2) is 6.65. The summed E-state index contributed by atoms with van der Waals surface area (Å²) in [6.45, 7) is 5.01. The highest BCUT2D eigenvalue weighted by Crippen LogP contribution is 2.24. The number of carbonyl (C=O) groups is 2. The molecule has 0 aliphatic carbocycles. The van der Waals surface area contributed by atoms with Crippen LogP contribution in [0.15, 0.2) is 34.7 Å². The van der Waals surface area contributed by atoms with Crippen LogP contribution in [-0.4, -0.2) is 35.8 Å². The summed E-state index contributed by atoms with van der Waals surface area (Å²) in [5.74, 6) is 0.204. The Balaban J connectivity index is 1.62. The molecule has 1 aromatic carbocycles. The first-order valence-corrected chi connectivity index (χ1v) is 8.28. The van der Waals surface area contributed by atoms with Crippen LogP contribution in [0.25, 0.3) is 11.0 Å². The summed E-state index contributed by atoms with van der Waals surface area (Å²) in [5, 5.41) is 4.01. The Labute approximate surface area is 141 Å². The zero-order chi connectivity index (χ0) is 17.3. The number of primary amides is 1. The maximum Gasteiger partial charge on any atom is 0.237 e. The third-order valence-electron chi connectivity index (χ3n) is 4.78. The minimum atomic E-state index is -0.304. The number of rotatable bonds is 5. The van der Waals surface area contributed by atoms with Crippen molar-refractivity contribution in [3.63, 3.8) is 0 Å². The average molecular weight is 329 g/mol. The van der Waals surface area contributed by atoms with E-state index in [1.54, 1.807) is 0 Å². The van der Waals surface area contributed by atoms with E-state index in [1.807, 2.05) is 49.1 Å². The molecular formula is C18H23N3O3. The minimum Gasteiger partial charge on any atom is -0.459 e. The van der Waals surface area contributed by atoms with Crippen LogP contribution in [0.4, 0.5) is 0 Å². The predicted octanol–water partition coefficient (Wildman–Crippen LogP) is 1.81. The molecule has 6 heteroatoms. The SMILES string of the molecule is CC(NC(=O)C(C)N1CCC(C(N)=O)C1)c1cc2ccccc2o1. The number of para-hydroxylation sites is 1. The van der Waals surface area contributed by atoms with E-state index in [0.717, 1.165) is 16.7 Å². The third-order valence-corrected chi connectivity index (χ3v) is 4.78. The summed E-state index contributed by atoms with van der Waals surface area (Å²) >= 11 is 0. The van der Waals surface area contributed by atoms with E-state index in [1.165, 1.54) is 0 Å². The maximum absolute atomic E-state index is 12.5. The van der Waals surface area contributed by atoms with Crippen molar-refractivity contribution in [2.45, 2.75) is 32.4 Å². The highest BCUT2D eigenvalue weighted by molar-refractivity contribution is 5.83.